The van der Waals surface area contributed by atoms with Crippen molar-refractivity contribution < 1.29 is 13.2 Å². The second kappa shape index (κ2) is 5.48. The summed E-state index contributed by atoms with van der Waals surface area (Å²) >= 11 is 0. The summed E-state index contributed by atoms with van der Waals surface area (Å²) < 4.78 is 39.8. The van der Waals surface area contributed by atoms with Gasteiger partial charge in [0, 0.05) is 13.1 Å². The molecule has 6 heteroatoms. The van der Waals surface area contributed by atoms with Crippen LogP contribution in [0, 0.1) is 5.41 Å². The number of alkyl halides is 3. The van der Waals surface area contributed by atoms with Crippen molar-refractivity contribution in [1.82, 2.24) is 16.0 Å². The third-order valence-electron chi connectivity index (χ3n) is 3.88. The van der Waals surface area contributed by atoms with E-state index >= 15 is 0 Å². The molecule has 0 bridgehead atoms. The van der Waals surface area contributed by atoms with Crippen molar-refractivity contribution in [1.29, 1.82) is 0 Å². The molecule has 2 aliphatic rings. The maximum absolute atomic E-state index is 13.3. The predicted octanol–water partition coefficient (Wildman–Crippen LogP) is 2.08. The van der Waals surface area contributed by atoms with Crippen LogP contribution in [0.4, 0.5) is 13.2 Å². The van der Waals surface area contributed by atoms with Gasteiger partial charge in [-0.2, -0.15) is 13.2 Å². The minimum absolute atomic E-state index is 0.0188. The Morgan fingerprint density at radius 2 is 1.94 bits per heavy atom. The second-order valence-electron chi connectivity index (χ2n) is 5.13. The SMILES string of the molecule is FC(F)(F)C1(CNC2NC=CCN2)CCCCC1. The maximum Gasteiger partial charge on any atom is 0.395 e. The fourth-order valence-electron chi connectivity index (χ4n) is 2.69. The van der Waals surface area contributed by atoms with E-state index in [2.05, 4.69) is 16.0 Å². The first kappa shape index (κ1) is 13.7. The number of halogens is 3. The monoisotopic (exact) mass is 263 g/mol. The summed E-state index contributed by atoms with van der Waals surface area (Å²) in [6.45, 7) is 0.651. The quantitative estimate of drug-likeness (QED) is 0.729. The van der Waals surface area contributed by atoms with Crippen LogP contribution in [-0.2, 0) is 0 Å². The second-order valence-corrected chi connectivity index (χ2v) is 5.13. The molecule has 1 heterocycles. The third-order valence-corrected chi connectivity index (χ3v) is 3.88. The average molecular weight is 263 g/mol. The van der Waals surface area contributed by atoms with E-state index in [0.717, 1.165) is 6.42 Å². The molecule has 1 saturated carbocycles. The Morgan fingerprint density at radius 3 is 2.50 bits per heavy atom. The van der Waals surface area contributed by atoms with Gasteiger partial charge in [0.2, 0.25) is 0 Å². The number of hydrogen-bond donors (Lipinski definition) is 3. The third kappa shape index (κ3) is 2.98. The highest BCUT2D eigenvalue weighted by molar-refractivity contribution is 4.94. The molecule has 0 radical (unpaired) electrons. The first-order chi connectivity index (χ1) is 8.54. The minimum atomic E-state index is -4.12. The smallest absolute Gasteiger partial charge is 0.364 e. The Labute approximate surface area is 105 Å². The lowest BCUT2D eigenvalue weighted by atomic mass is 9.73. The Morgan fingerprint density at radius 1 is 1.22 bits per heavy atom. The first-order valence-electron chi connectivity index (χ1n) is 6.48. The van der Waals surface area contributed by atoms with E-state index in [1.807, 2.05) is 6.08 Å². The van der Waals surface area contributed by atoms with E-state index in [0.29, 0.717) is 19.4 Å². The average Bonchev–Trinajstić information content (AvgIpc) is 2.37. The summed E-state index contributed by atoms with van der Waals surface area (Å²) in [5.41, 5.74) is -1.55. The van der Waals surface area contributed by atoms with E-state index in [9.17, 15) is 13.2 Å². The molecule has 1 atom stereocenters. The van der Waals surface area contributed by atoms with Crippen LogP contribution in [0.15, 0.2) is 12.3 Å². The Bertz CT molecular complexity index is 295. The minimum Gasteiger partial charge on any atom is -0.364 e. The summed E-state index contributed by atoms with van der Waals surface area (Å²) in [5, 5.41) is 8.95. The van der Waals surface area contributed by atoms with Crippen molar-refractivity contribution in [2.24, 2.45) is 5.41 Å². The Hall–Kier alpha value is -0.750. The van der Waals surface area contributed by atoms with Crippen LogP contribution in [0.2, 0.25) is 0 Å². The van der Waals surface area contributed by atoms with Gasteiger partial charge in [0.25, 0.3) is 0 Å². The van der Waals surface area contributed by atoms with Crippen LogP contribution in [0.25, 0.3) is 0 Å². The molecule has 3 N–H and O–H groups in total. The lowest BCUT2D eigenvalue weighted by Gasteiger charge is -2.40. The van der Waals surface area contributed by atoms with E-state index in [1.54, 1.807) is 6.20 Å². The van der Waals surface area contributed by atoms with Gasteiger partial charge >= 0.3 is 6.18 Å². The molecule has 0 amide bonds. The summed E-state index contributed by atoms with van der Waals surface area (Å²) in [7, 11) is 0. The van der Waals surface area contributed by atoms with Gasteiger partial charge in [-0.05, 0) is 19.0 Å². The van der Waals surface area contributed by atoms with Crippen LogP contribution < -0.4 is 16.0 Å². The number of rotatable bonds is 3. The molecule has 3 nitrogen and oxygen atoms in total. The van der Waals surface area contributed by atoms with Crippen molar-refractivity contribution >= 4 is 0 Å². The van der Waals surface area contributed by atoms with E-state index in [4.69, 9.17) is 0 Å². The molecular formula is C12H20F3N3. The molecule has 1 aliphatic heterocycles. The predicted molar refractivity (Wildman–Crippen MR) is 63.6 cm³/mol. The van der Waals surface area contributed by atoms with Gasteiger partial charge in [-0.25, -0.2) is 0 Å². The fraction of sp³-hybridized carbons (Fsp3) is 0.833. The van der Waals surface area contributed by atoms with Crippen molar-refractivity contribution in [3.05, 3.63) is 12.3 Å². The van der Waals surface area contributed by atoms with Crippen LogP contribution in [-0.4, -0.2) is 25.6 Å². The zero-order chi connectivity index (χ0) is 13.1. The molecule has 1 unspecified atom stereocenters. The van der Waals surface area contributed by atoms with Gasteiger partial charge in [0.05, 0.1) is 5.41 Å². The highest BCUT2D eigenvalue weighted by Crippen LogP contribution is 2.48. The van der Waals surface area contributed by atoms with E-state index in [1.165, 1.54) is 0 Å². The standard InChI is InChI=1S/C12H20F3N3/c13-12(14,15)11(5-2-1-3-6-11)9-18-10-16-7-4-8-17-10/h4,7,10,16-18H,1-3,5-6,8-9H2. The highest BCUT2D eigenvalue weighted by atomic mass is 19.4. The molecule has 0 saturated heterocycles. The largest absolute Gasteiger partial charge is 0.395 e. The van der Waals surface area contributed by atoms with Crippen LogP contribution >= 0.6 is 0 Å². The highest BCUT2D eigenvalue weighted by Gasteiger charge is 2.54. The molecule has 0 aromatic heterocycles. The Kier molecular flexibility index (Phi) is 4.17. The van der Waals surface area contributed by atoms with Gasteiger partial charge in [-0.3, -0.25) is 10.6 Å². The summed E-state index contributed by atoms with van der Waals surface area (Å²) in [6, 6.07) is 0. The molecule has 1 fully saturated rings. The van der Waals surface area contributed by atoms with Gasteiger partial charge in [-0.1, -0.05) is 25.3 Å². The molecule has 0 aromatic carbocycles. The topological polar surface area (TPSA) is 36.1 Å². The van der Waals surface area contributed by atoms with Crippen LogP contribution in [0.3, 0.4) is 0 Å². The summed E-state index contributed by atoms with van der Waals surface area (Å²) in [5.74, 6) is 0. The van der Waals surface area contributed by atoms with Gasteiger partial charge in [0.15, 0.2) is 0 Å². The fourth-order valence-corrected chi connectivity index (χ4v) is 2.69. The molecule has 18 heavy (non-hydrogen) atoms. The lowest BCUT2D eigenvalue weighted by molar-refractivity contribution is -0.233. The van der Waals surface area contributed by atoms with E-state index < -0.39 is 11.6 Å². The van der Waals surface area contributed by atoms with Crippen molar-refractivity contribution in [3.8, 4) is 0 Å². The molecule has 0 spiro atoms. The zero-order valence-corrected chi connectivity index (χ0v) is 10.3. The maximum atomic E-state index is 13.3. The molecule has 2 rings (SSSR count). The van der Waals surface area contributed by atoms with Crippen molar-refractivity contribution in [3.63, 3.8) is 0 Å². The first-order valence-corrected chi connectivity index (χ1v) is 6.48. The number of nitrogens with one attached hydrogen (secondary N) is 3. The molecular weight excluding hydrogens is 243 g/mol. The van der Waals surface area contributed by atoms with Gasteiger partial charge < -0.3 is 5.32 Å². The van der Waals surface area contributed by atoms with Gasteiger partial charge in [-0.15, -0.1) is 0 Å². The van der Waals surface area contributed by atoms with Crippen molar-refractivity contribution in [2.45, 2.75) is 44.6 Å². The summed E-state index contributed by atoms with van der Waals surface area (Å²) in [4.78, 5) is 0. The molecule has 0 aromatic rings. The normalized spacial score (nSPS) is 27.8. The molecule has 1 aliphatic carbocycles. The Balaban J connectivity index is 1.95. The number of hydrogen-bond acceptors (Lipinski definition) is 3. The van der Waals surface area contributed by atoms with Crippen molar-refractivity contribution in [2.75, 3.05) is 13.1 Å². The van der Waals surface area contributed by atoms with Crippen LogP contribution in [0.1, 0.15) is 32.1 Å². The lowest BCUT2D eigenvalue weighted by Crippen LogP contribution is -2.58. The summed E-state index contributed by atoms with van der Waals surface area (Å²) in [6.07, 6.45) is 2.01. The van der Waals surface area contributed by atoms with Gasteiger partial charge in [0.1, 0.15) is 6.29 Å². The zero-order valence-electron chi connectivity index (χ0n) is 10.3. The molecule has 104 valence electrons. The van der Waals surface area contributed by atoms with Crippen LogP contribution in [0.5, 0.6) is 0 Å². The van der Waals surface area contributed by atoms with E-state index in [-0.39, 0.29) is 25.7 Å².